The lowest BCUT2D eigenvalue weighted by molar-refractivity contribution is -0.136. The fraction of sp³-hybridized carbons (Fsp3) is 0.0435. The molecule has 0 bridgehead atoms. The predicted octanol–water partition coefficient (Wildman–Crippen LogP) is 4.61. The van der Waals surface area contributed by atoms with Crippen molar-refractivity contribution in [2.24, 2.45) is 5.10 Å². The van der Waals surface area contributed by atoms with E-state index in [1.54, 1.807) is 36.4 Å². The van der Waals surface area contributed by atoms with Crippen LogP contribution in [0.15, 0.2) is 71.8 Å². The van der Waals surface area contributed by atoms with E-state index in [2.05, 4.69) is 15.8 Å². The molecule has 0 saturated carbocycles. The van der Waals surface area contributed by atoms with Crippen LogP contribution in [0.4, 0.5) is 5.69 Å². The molecule has 0 fully saturated rings. The molecule has 3 aromatic rings. The number of carbonyl (C=O) groups is 3. The summed E-state index contributed by atoms with van der Waals surface area (Å²) in [6, 6.07) is 17.9. The molecule has 2 N–H and O–H groups in total. The average Bonchev–Trinajstić information content (AvgIpc) is 2.73. The minimum atomic E-state index is -0.987. The summed E-state index contributed by atoms with van der Waals surface area (Å²) in [7, 11) is 0. The number of carbonyl (C=O) groups excluding carboxylic acids is 3. The molecule has 0 unspecified atom stereocenters. The number of benzene rings is 3. The van der Waals surface area contributed by atoms with Gasteiger partial charge in [-0.15, -0.1) is 0 Å². The second kappa shape index (κ2) is 10.6. The number of halogens is 2. The molecule has 0 spiro atoms. The van der Waals surface area contributed by atoms with E-state index in [4.69, 9.17) is 27.9 Å². The Bertz CT molecular complexity index is 1170. The lowest BCUT2D eigenvalue weighted by atomic mass is 10.1. The molecule has 0 radical (unpaired) electrons. The standard InChI is InChI=1S/C23H17Cl2N3O4/c1-14-5-7-16(8-6-14)23(31)32-20-4-2-3-15(9-20)13-26-28-22(30)21(29)27-19-11-17(24)10-18(25)12-19/h2-13H,1H3,(H,27,29)(H,28,30)/b26-13+. The fourth-order valence-corrected chi connectivity index (χ4v) is 3.07. The van der Waals surface area contributed by atoms with Crippen molar-refractivity contribution in [1.29, 1.82) is 0 Å². The second-order valence-electron chi connectivity index (χ2n) is 6.64. The van der Waals surface area contributed by atoms with Crippen molar-refractivity contribution in [2.45, 2.75) is 6.92 Å². The van der Waals surface area contributed by atoms with Crippen LogP contribution in [0, 0.1) is 6.92 Å². The summed E-state index contributed by atoms with van der Waals surface area (Å²) in [6.07, 6.45) is 1.31. The zero-order valence-electron chi connectivity index (χ0n) is 16.8. The maximum absolute atomic E-state index is 12.2. The van der Waals surface area contributed by atoms with Gasteiger partial charge in [0.1, 0.15) is 5.75 Å². The molecule has 0 heterocycles. The first-order valence-electron chi connectivity index (χ1n) is 9.29. The van der Waals surface area contributed by atoms with Crippen molar-refractivity contribution in [2.75, 3.05) is 5.32 Å². The first kappa shape index (κ1) is 23.0. The lowest BCUT2D eigenvalue weighted by Crippen LogP contribution is -2.32. The summed E-state index contributed by atoms with van der Waals surface area (Å²) in [5.41, 5.74) is 4.39. The van der Waals surface area contributed by atoms with Gasteiger partial charge in [0.25, 0.3) is 0 Å². The lowest BCUT2D eigenvalue weighted by Gasteiger charge is -2.06. The Hall–Kier alpha value is -3.68. The smallest absolute Gasteiger partial charge is 0.343 e. The van der Waals surface area contributed by atoms with Crippen LogP contribution >= 0.6 is 23.2 Å². The summed E-state index contributed by atoms with van der Waals surface area (Å²) in [5.74, 6) is -2.12. The molecule has 162 valence electrons. The van der Waals surface area contributed by atoms with Crippen LogP contribution in [0.3, 0.4) is 0 Å². The van der Waals surface area contributed by atoms with E-state index < -0.39 is 17.8 Å². The molecule has 9 heteroatoms. The van der Waals surface area contributed by atoms with Gasteiger partial charge in [0.05, 0.1) is 11.8 Å². The van der Waals surface area contributed by atoms with Crippen molar-refractivity contribution in [3.63, 3.8) is 0 Å². The van der Waals surface area contributed by atoms with E-state index in [1.165, 1.54) is 24.4 Å². The highest BCUT2D eigenvalue weighted by atomic mass is 35.5. The number of hydrazone groups is 1. The Kier molecular flexibility index (Phi) is 7.59. The summed E-state index contributed by atoms with van der Waals surface area (Å²) < 4.78 is 5.36. The molecule has 3 rings (SSSR count). The van der Waals surface area contributed by atoms with Crippen LogP contribution in [0.5, 0.6) is 5.75 Å². The van der Waals surface area contributed by atoms with Gasteiger partial charge in [-0.25, -0.2) is 10.2 Å². The number of hydrogen-bond donors (Lipinski definition) is 2. The average molecular weight is 470 g/mol. The van der Waals surface area contributed by atoms with Gasteiger partial charge in [0.15, 0.2) is 0 Å². The number of nitrogens with one attached hydrogen (secondary N) is 2. The van der Waals surface area contributed by atoms with E-state index >= 15 is 0 Å². The Labute approximate surface area is 194 Å². The summed E-state index contributed by atoms with van der Waals surface area (Å²) in [6.45, 7) is 1.92. The normalized spacial score (nSPS) is 10.6. The number of aryl methyl sites for hydroxylation is 1. The first-order valence-corrected chi connectivity index (χ1v) is 10.0. The number of rotatable bonds is 5. The van der Waals surface area contributed by atoms with Gasteiger partial charge >= 0.3 is 17.8 Å². The van der Waals surface area contributed by atoms with Gasteiger partial charge in [-0.3, -0.25) is 9.59 Å². The topological polar surface area (TPSA) is 96.9 Å². The van der Waals surface area contributed by atoms with Gasteiger partial charge in [-0.2, -0.15) is 5.10 Å². The van der Waals surface area contributed by atoms with Gasteiger partial charge in [-0.05, 0) is 55.0 Å². The summed E-state index contributed by atoms with van der Waals surface area (Å²) >= 11 is 11.7. The third-order valence-corrected chi connectivity index (χ3v) is 4.50. The number of ether oxygens (including phenoxy) is 1. The Morgan fingerprint density at radius 3 is 2.28 bits per heavy atom. The molecule has 7 nitrogen and oxygen atoms in total. The molecule has 0 aliphatic carbocycles. The van der Waals surface area contributed by atoms with Crippen molar-refractivity contribution in [3.8, 4) is 5.75 Å². The molecule has 0 aliphatic heterocycles. The van der Waals surface area contributed by atoms with E-state index in [0.717, 1.165) is 5.56 Å². The minimum Gasteiger partial charge on any atom is -0.423 e. The van der Waals surface area contributed by atoms with Crippen molar-refractivity contribution >= 4 is 52.9 Å². The van der Waals surface area contributed by atoms with Crippen molar-refractivity contribution in [1.82, 2.24) is 5.43 Å². The van der Waals surface area contributed by atoms with Gasteiger partial charge in [-0.1, -0.05) is 53.0 Å². The molecule has 0 aliphatic rings. The predicted molar refractivity (Wildman–Crippen MR) is 123 cm³/mol. The zero-order chi connectivity index (χ0) is 23.1. The van der Waals surface area contributed by atoms with Gasteiger partial charge in [0.2, 0.25) is 0 Å². The highest BCUT2D eigenvalue weighted by Gasteiger charge is 2.13. The molecular weight excluding hydrogens is 453 g/mol. The fourth-order valence-electron chi connectivity index (χ4n) is 2.54. The molecule has 0 aromatic heterocycles. The minimum absolute atomic E-state index is 0.273. The number of anilines is 1. The molecule has 3 aromatic carbocycles. The number of amides is 2. The summed E-state index contributed by atoms with van der Waals surface area (Å²) in [5, 5.41) is 6.75. The molecule has 2 amide bonds. The van der Waals surface area contributed by atoms with Gasteiger partial charge < -0.3 is 10.1 Å². The number of esters is 1. The Morgan fingerprint density at radius 1 is 0.906 bits per heavy atom. The maximum Gasteiger partial charge on any atom is 0.343 e. The molecular formula is C23H17Cl2N3O4. The number of hydrogen-bond acceptors (Lipinski definition) is 5. The van der Waals surface area contributed by atoms with Crippen LogP contribution in [-0.4, -0.2) is 24.0 Å². The van der Waals surface area contributed by atoms with E-state index in [-0.39, 0.29) is 5.69 Å². The summed E-state index contributed by atoms with van der Waals surface area (Å²) in [4.78, 5) is 36.1. The van der Waals surface area contributed by atoms with E-state index in [1.807, 2.05) is 19.1 Å². The van der Waals surface area contributed by atoms with Crippen LogP contribution in [0.1, 0.15) is 21.5 Å². The Balaban J connectivity index is 1.57. The first-order chi connectivity index (χ1) is 15.3. The number of nitrogens with zero attached hydrogens (tertiary/aromatic N) is 1. The molecule has 32 heavy (non-hydrogen) atoms. The largest absolute Gasteiger partial charge is 0.423 e. The van der Waals surface area contributed by atoms with Crippen LogP contribution < -0.4 is 15.5 Å². The van der Waals surface area contributed by atoms with Crippen LogP contribution in [0.25, 0.3) is 0 Å². The van der Waals surface area contributed by atoms with Crippen molar-refractivity contribution in [3.05, 3.63) is 93.5 Å². The highest BCUT2D eigenvalue weighted by molar-refractivity contribution is 6.40. The third-order valence-electron chi connectivity index (χ3n) is 4.06. The SMILES string of the molecule is Cc1ccc(C(=O)Oc2cccc(/C=N/NC(=O)C(=O)Nc3cc(Cl)cc(Cl)c3)c2)cc1. The highest BCUT2D eigenvalue weighted by Crippen LogP contribution is 2.22. The second-order valence-corrected chi connectivity index (χ2v) is 7.51. The zero-order valence-corrected chi connectivity index (χ0v) is 18.3. The van der Waals surface area contributed by atoms with E-state index in [0.29, 0.717) is 26.9 Å². The molecule has 0 saturated heterocycles. The third kappa shape index (κ3) is 6.66. The van der Waals surface area contributed by atoms with Crippen LogP contribution in [-0.2, 0) is 9.59 Å². The van der Waals surface area contributed by atoms with Gasteiger partial charge in [0, 0.05) is 15.7 Å². The quantitative estimate of drug-likeness (QED) is 0.187. The monoisotopic (exact) mass is 469 g/mol. The van der Waals surface area contributed by atoms with Crippen LogP contribution in [0.2, 0.25) is 10.0 Å². The Morgan fingerprint density at radius 2 is 1.59 bits per heavy atom. The molecule has 0 atom stereocenters. The maximum atomic E-state index is 12.2. The van der Waals surface area contributed by atoms with Crippen molar-refractivity contribution < 1.29 is 19.1 Å². The van der Waals surface area contributed by atoms with E-state index in [9.17, 15) is 14.4 Å².